The Balaban J connectivity index is 2.18. The summed E-state index contributed by atoms with van der Waals surface area (Å²) in [4.78, 5) is 26.1. The Morgan fingerprint density at radius 1 is 1.35 bits per heavy atom. The third kappa shape index (κ3) is 3.35. The van der Waals surface area contributed by atoms with Crippen molar-refractivity contribution in [2.75, 3.05) is 19.6 Å². The molecule has 0 aliphatic carbocycles. The first-order chi connectivity index (χ1) is 10.8. The van der Waals surface area contributed by atoms with Crippen LogP contribution in [0.5, 0.6) is 0 Å². The highest BCUT2D eigenvalue weighted by Crippen LogP contribution is 2.32. The zero-order valence-electron chi connectivity index (χ0n) is 13.7. The summed E-state index contributed by atoms with van der Waals surface area (Å²) in [6, 6.07) is 2.39. The third-order valence-corrected chi connectivity index (χ3v) is 4.34. The van der Waals surface area contributed by atoms with Gasteiger partial charge in [0.1, 0.15) is 17.2 Å². The average Bonchev–Trinajstić information content (AvgIpc) is 2.92. The molecule has 23 heavy (non-hydrogen) atoms. The maximum atomic E-state index is 14.1. The van der Waals surface area contributed by atoms with E-state index in [9.17, 15) is 18.4 Å². The van der Waals surface area contributed by atoms with Crippen LogP contribution >= 0.6 is 0 Å². The highest BCUT2D eigenvalue weighted by molar-refractivity contribution is 5.96. The van der Waals surface area contributed by atoms with E-state index in [1.165, 1.54) is 17.9 Å². The predicted octanol–water partition coefficient (Wildman–Crippen LogP) is 2.65. The summed E-state index contributed by atoms with van der Waals surface area (Å²) in [6.45, 7) is 6.25. The van der Waals surface area contributed by atoms with E-state index in [1.807, 2.05) is 6.92 Å². The minimum Gasteiger partial charge on any atom is -0.356 e. The normalized spacial score (nSPS) is 20.7. The summed E-state index contributed by atoms with van der Waals surface area (Å²) in [5.74, 6) is -2.53. The fraction of sp³-hybridized carbons (Fsp3) is 0.529. The molecule has 1 fully saturated rings. The first kappa shape index (κ1) is 17.4. The highest BCUT2D eigenvalue weighted by atomic mass is 19.1. The van der Waals surface area contributed by atoms with Gasteiger partial charge in [0.15, 0.2) is 0 Å². The zero-order valence-corrected chi connectivity index (χ0v) is 13.7. The van der Waals surface area contributed by atoms with E-state index >= 15 is 0 Å². The monoisotopic (exact) mass is 324 g/mol. The SMILES string of the molecule is CCCNC(=O)C1(C)CCN(C(=O)c2c(F)ccc(C)c2F)C1. The molecule has 126 valence electrons. The maximum absolute atomic E-state index is 14.1. The zero-order chi connectivity index (χ0) is 17.2. The molecule has 0 saturated carbocycles. The van der Waals surface area contributed by atoms with Crippen LogP contribution in [0.1, 0.15) is 42.6 Å². The quantitative estimate of drug-likeness (QED) is 0.926. The molecule has 4 nitrogen and oxygen atoms in total. The molecule has 1 aliphatic rings. The molecule has 2 amide bonds. The molecule has 1 unspecified atom stereocenters. The van der Waals surface area contributed by atoms with Gasteiger partial charge >= 0.3 is 0 Å². The van der Waals surface area contributed by atoms with Crippen LogP contribution in [0, 0.1) is 24.0 Å². The van der Waals surface area contributed by atoms with Crippen molar-refractivity contribution in [3.05, 3.63) is 34.9 Å². The Bertz CT molecular complexity index is 633. The maximum Gasteiger partial charge on any atom is 0.259 e. The van der Waals surface area contributed by atoms with Crippen LogP contribution in [-0.2, 0) is 4.79 Å². The molecule has 1 aromatic rings. The van der Waals surface area contributed by atoms with E-state index < -0.39 is 28.5 Å². The molecule has 1 aromatic carbocycles. The van der Waals surface area contributed by atoms with Gasteiger partial charge in [0.2, 0.25) is 5.91 Å². The van der Waals surface area contributed by atoms with Crippen LogP contribution in [0.2, 0.25) is 0 Å². The van der Waals surface area contributed by atoms with E-state index in [0.29, 0.717) is 19.5 Å². The fourth-order valence-corrected chi connectivity index (χ4v) is 2.78. The van der Waals surface area contributed by atoms with Crippen LogP contribution in [-0.4, -0.2) is 36.3 Å². The van der Waals surface area contributed by atoms with E-state index in [0.717, 1.165) is 12.5 Å². The lowest BCUT2D eigenvalue weighted by molar-refractivity contribution is -0.129. The number of amides is 2. The summed E-state index contributed by atoms with van der Waals surface area (Å²) in [5, 5.41) is 2.82. The number of carbonyl (C=O) groups is 2. The standard InChI is InChI=1S/C17H22F2N2O2/c1-4-8-20-16(23)17(3)7-9-21(10-17)15(22)13-12(18)6-5-11(2)14(13)19/h5-6H,4,7-10H2,1-3H3,(H,20,23). The number of benzene rings is 1. The van der Waals surface area contributed by atoms with Gasteiger partial charge in [-0.2, -0.15) is 0 Å². The van der Waals surface area contributed by atoms with E-state index in [1.54, 1.807) is 6.92 Å². The van der Waals surface area contributed by atoms with Crippen molar-refractivity contribution < 1.29 is 18.4 Å². The van der Waals surface area contributed by atoms with Crippen molar-refractivity contribution in [2.24, 2.45) is 5.41 Å². The van der Waals surface area contributed by atoms with Crippen molar-refractivity contribution >= 4 is 11.8 Å². The summed E-state index contributed by atoms with van der Waals surface area (Å²) in [6.07, 6.45) is 1.30. The Labute approximate surface area is 134 Å². The van der Waals surface area contributed by atoms with Crippen LogP contribution < -0.4 is 5.32 Å². The first-order valence-corrected chi connectivity index (χ1v) is 7.82. The van der Waals surface area contributed by atoms with Gasteiger partial charge < -0.3 is 10.2 Å². The van der Waals surface area contributed by atoms with Crippen LogP contribution in [0.25, 0.3) is 0 Å². The van der Waals surface area contributed by atoms with Gasteiger partial charge in [-0.15, -0.1) is 0 Å². The van der Waals surface area contributed by atoms with Gasteiger partial charge in [-0.05, 0) is 38.3 Å². The second kappa shape index (κ2) is 6.64. The number of likely N-dealkylation sites (tertiary alicyclic amines) is 1. The molecule has 0 bridgehead atoms. The summed E-state index contributed by atoms with van der Waals surface area (Å²) in [5.41, 5.74) is -1.04. The molecule has 0 spiro atoms. The molecular weight excluding hydrogens is 302 g/mol. The van der Waals surface area contributed by atoms with Crippen molar-refractivity contribution in [1.29, 1.82) is 0 Å². The average molecular weight is 324 g/mol. The van der Waals surface area contributed by atoms with E-state index in [2.05, 4.69) is 5.32 Å². The lowest BCUT2D eigenvalue weighted by Gasteiger charge is -2.24. The Hall–Kier alpha value is -1.98. The van der Waals surface area contributed by atoms with Gasteiger partial charge in [-0.1, -0.05) is 13.0 Å². The number of hydrogen-bond donors (Lipinski definition) is 1. The Morgan fingerprint density at radius 2 is 2.04 bits per heavy atom. The molecule has 1 heterocycles. The second-order valence-electron chi connectivity index (χ2n) is 6.35. The number of hydrogen-bond acceptors (Lipinski definition) is 2. The summed E-state index contributed by atoms with van der Waals surface area (Å²) >= 11 is 0. The molecule has 1 N–H and O–H groups in total. The van der Waals surface area contributed by atoms with Gasteiger partial charge in [-0.3, -0.25) is 9.59 Å². The lowest BCUT2D eigenvalue weighted by Crippen LogP contribution is -2.42. The van der Waals surface area contributed by atoms with Gasteiger partial charge in [0.25, 0.3) is 5.91 Å². The smallest absolute Gasteiger partial charge is 0.259 e. The number of nitrogens with zero attached hydrogens (tertiary/aromatic N) is 1. The number of aryl methyl sites for hydroxylation is 1. The largest absolute Gasteiger partial charge is 0.356 e. The number of halogens is 2. The van der Waals surface area contributed by atoms with Gasteiger partial charge in [0.05, 0.1) is 5.41 Å². The second-order valence-corrected chi connectivity index (χ2v) is 6.35. The van der Waals surface area contributed by atoms with Crippen LogP contribution in [0.4, 0.5) is 8.78 Å². The van der Waals surface area contributed by atoms with Crippen molar-refractivity contribution in [3.63, 3.8) is 0 Å². The molecule has 2 rings (SSSR count). The molecule has 0 aromatic heterocycles. The minimum atomic E-state index is -0.873. The lowest BCUT2D eigenvalue weighted by atomic mass is 9.88. The molecule has 0 radical (unpaired) electrons. The topological polar surface area (TPSA) is 49.4 Å². The first-order valence-electron chi connectivity index (χ1n) is 7.82. The highest BCUT2D eigenvalue weighted by Gasteiger charge is 2.42. The molecule has 1 atom stereocenters. The predicted molar refractivity (Wildman–Crippen MR) is 83.0 cm³/mol. The molecular formula is C17H22F2N2O2. The van der Waals surface area contributed by atoms with Crippen molar-refractivity contribution in [3.8, 4) is 0 Å². The fourth-order valence-electron chi connectivity index (χ4n) is 2.78. The molecule has 1 aliphatic heterocycles. The van der Waals surface area contributed by atoms with E-state index in [-0.39, 0.29) is 18.0 Å². The Morgan fingerprint density at radius 3 is 2.70 bits per heavy atom. The van der Waals surface area contributed by atoms with E-state index in [4.69, 9.17) is 0 Å². The van der Waals surface area contributed by atoms with Crippen LogP contribution in [0.3, 0.4) is 0 Å². The number of rotatable bonds is 4. The molecule has 1 saturated heterocycles. The Kier molecular flexibility index (Phi) is 5.02. The summed E-state index contributed by atoms with van der Waals surface area (Å²) < 4.78 is 28.0. The number of carbonyl (C=O) groups excluding carboxylic acids is 2. The third-order valence-electron chi connectivity index (χ3n) is 4.34. The van der Waals surface area contributed by atoms with Crippen molar-refractivity contribution in [2.45, 2.75) is 33.6 Å². The van der Waals surface area contributed by atoms with Crippen molar-refractivity contribution in [1.82, 2.24) is 10.2 Å². The van der Waals surface area contributed by atoms with Gasteiger partial charge in [0, 0.05) is 19.6 Å². The van der Waals surface area contributed by atoms with Crippen LogP contribution in [0.15, 0.2) is 12.1 Å². The van der Waals surface area contributed by atoms with Gasteiger partial charge in [-0.25, -0.2) is 8.78 Å². The number of nitrogens with one attached hydrogen (secondary N) is 1. The summed E-state index contributed by atoms with van der Waals surface area (Å²) in [7, 11) is 0. The molecule has 6 heteroatoms. The minimum absolute atomic E-state index is 0.125.